The van der Waals surface area contributed by atoms with Gasteiger partial charge in [0.1, 0.15) is 10.1 Å². The number of ether oxygens (including phenoxy) is 2. The Bertz CT molecular complexity index is 1330. The number of rotatable bonds is 5. The molecule has 0 saturated carbocycles. The van der Waals surface area contributed by atoms with E-state index in [2.05, 4.69) is 5.32 Å². The normalized spacial score (nSPS) is 20.1. The Morgan fingerprint density at radius 3 is 2.51 bits per heavy atom. The molecule has 2 saturated heterocycles. The third kappa shape index (κ3) is 4.98. The van der Waals surface area contributed by atoms with Crippen LogP contribution in [0.1, 0.15) is 11.1 Å². The molecule has 1 N–H and O–H groups in total. The maximum absolute atomic E-state index is 12.9. The van der Waals surface area contributed by atoms with E-state index in [1.807, 2.05) is 0 Å². The lowest BCUT2D eigenvalue weighted by Gasteiger charge is -2.30. The maximum Gasteiger partial charge on any atom is 0.265 e. The van der Waals surface area contributed by atoms with Gasteiger partial charge in [0, 0.05) is 13.1 Å². The number of nitrogens with one attached hydrogen (secondary N) is 1. The fourth-order valence-electron chi connectivity index (χ4n) is 3.94. The minimum atomic E-state index is -3.59. The molecule has 3 aliphatic heterocycles. The van der Waals surface area contributed by atoms with Gasteiger partial charge in [0.2, 0.25) is 10.0 Å². The molecule has 2 aromatic carbocycles. The molecular formula is C23H21N3O6S3. The third-order valence-corrected chi connectivity index (χ3v) is 8.81. The first-order chi connectivity index (χ1) is 16.8. The number of morpholine rings is 1. The molecule has 35 heavy (non-hydrogen) atoms. The van der Waals surface area contributed by atoms with E-state index in [0.717, 1.165) is 11.1 Å². The van der Waals surface area contributed by atoms with Crippen molar-refractivity contribution in [2.45, 2.75) is 11.4 Å². The molecule has 5 rings (SSSR count). The van der Waals surface area contributed by atoms with Crippen molar-refractivity contribution in [1.82, 2.24) is 9.62 Å². The van der Waals surface area contributed by atoms with Crippen LogP contribution < -0.4 is 15.0 Å². The smallest absolute Gasteiger partial charge is 0.265 e. The van der Waals surface area contributed by atoms with Crippen molar-refractivity contribution >= 4 is 61.9 Å². The number of amides is 2. The molecule has 3 heterocycles. The van der Waals surface area contributed by atoms with Gasteiger partial charge < -0.3 is 19.7 Å². The number of anilines is 1. The van der Waals surface area contributed by atoms with Gasteiger partial charge in [-0.25, -0.2) is 8.42 Å². The number of hydrogen-bond donors (Lipinski definition) is 1. The third-order valence-electron chi connectivity index (χ3n) is 5.74. The Kier molecular flexibility index (Phi) is 6.64. The summed E-state index contributed by atoms with van der Waals surface area (Å²) in [7, 11) is -3.59. The highest BCUT2D eigenvalue weighted by Gasteiger charge is 2.28. The number of fused-ring (bicyclic) bond motifs is 1. The number of hydrogen-bond acceptors (Lipinski definition) is 8. The van der Waals surface area contributed by atoms with Crippen LogP contribution in [0.15, 0.2) is 52.3 Å². The van der Waals surface area contributed by atoms with Crippen molar-refractivity contribution in [1.29, 1.82) is 0 Å². The molecule has 2 fully saturated rings. The van der Waals surface area contributed by atoms with E-state index >= 15 is 0 Å². The van der Waals surface area contributed by atoms with Gasteiger partial charge in [-0.1, -0.05) is 42.2 Å². The molecule has 2 amide bonds. The average Bonchev–Trinajstić information content (AvgIpc) is 3.18. The Hall–Kier alpha value is -2.77. The van der Waals surface area contributed by atoms with Crippen molar-refractivity contribution in [2.75, 3.05) is 37.8 Å². The summed E-state index contributed by atoms with van der Waals surface area (Å²) in [4.78, 5) is 27.0. The molecule has 2 aromatic rings. The van der Waals surface area contributed by atoms with E-state index in [1.165, 1.54) is 16.1 Å². The Morgan fingerprint density at radius 1 is 1.09 bits per heavy atom. The second-order valence-electron chi connectivity index (χ2n) is 8.01. The zero-order valence-corrected chi connectivity index (χ0v) is 20.9. The van der Waals surface area contributed by atoms with Crippen LogP contribution >= 0.6 is 24.0 Å². The zero-order valence-electron chi connectivity index (χ0n) is 18.4. The van der Waals surface area contributed by atoms with Crippen LogP contribution in [0, 0.1) is 0 Å². The number of benzene rings is 2. The first kappa shape index (κ1) is 23.9. The van der Waals surface area contributed by atoms with Gasteiger partial charge in [0.05, 0.1) is 35.2 Å². The van der Waals surface area contributed by atoms with Crippen molar-refractivity contribution in [3.63, 3.8) is 0 Å². The Balaban J connectivity index is 1.38. The summed E-state index contributed by atoms with van der Waals surface area (Å²) in [5.41, 5.74) is 2.07. The lowest BCUT2D eigenvalue weighted by molar-refractivity contribution is -0.121. The average molecular weight is 532 g/mol. The van der Waals surface area contributed by atoms with E-state index in [9.17, 15) is 18.0 Å². The Labute approximate surface area is 212 Å². The van der Waals surface area contributed by atoms with Crippen molar-refractivity contribution < 1.29 is 27.5 Å². The summed E-state index contributed by atoms with van der Waals surface area (Å²) in [6.07, 6.45) is 1.71. The van der Waals surface area contributed by atoms with Crippen LogP contribution in [0.4, 0.5) is 5.69 Å². The van der Waals surface area contributed by atoms with E-state index in [4.69, 9.17) is 21.7 Å². The van der Waals surface area contributed by atoms with Crippen LogP contribution in [-0.4, -0.2) is 61.8 Å². The van der Waals surface area contributed by atoms with Crippen LogP contribution in [0.25, 0.3) is 6.08 Å². The molecule has 0 aromatic heterocycles. The first-order valence-electron chi connectivity index (χ1n) is 10.8. The van der Waals surface area contributed by atoms with Gasteiger partial charge in [-0.05, 0) is 41.5 Å². The summed E-state index contributed by atoms with van der Waals surface area (Å²) in [5.74, 6) is 0.0767. The summed E-state index contributed by atoms with van der Waals surface area (Å²) in [6, 6.07) is 11.9. The topological polar surface area (TPSA) is 105 Å². The number of carbonyl (C=O) groups is 2. The van der Waals surface area contributed by atoms with E-state index in [-0.39, 0.29) is 29.9 Å². The van der Waals surface area contributed by atoms with Gasteiger partial charge in [-0.2, -0.15) is 4.31 Å². The van der Waals surface area contributed by atoms with Gasteiger partial charge in [-0.3, -0.25) is 9.59 Å². The summed E-state index contributed by atoms with van der Waals surface area (Å²) < 4.78 is 38.4. The highest BCUT2D eigenvalue weighted by atomic mass is 32.2. The number of carbonyl (C=O) groups excluding carboxylic acids is 2. The summed E-state index contributed by atoms with van der Waals surface area (Å²) in [6.45, 7) is 1.56. The van der Waals surface area contributed by atoms with E-state index in [1.54, 1.807) is 53.4 Å². The molecule has 0 spiro atoms. The van der Waals surface area contributed by atoms with Gasteiger partial charge in [0.25, 0.3) is 11.8 Å². The van der Waals surface area contributed by atoms with Gasteiger partial charge in [-0.15, -0.1) is 0 Å². The molecule has 182 valence electrons. The van der Waals surface area contributed by atoms with Crippen LogP contribution in [-0.2, 0) is 30.9 Å². The highest BCUT2D eigenvalue weighted by Crippen LogP contribution is 2.36. The molecule has 0 unspecified atom stereocenters. The minimum absolute atomic E-state index is 0.0938. The lowest BCUT2D eigenvalue weighted by Crippen LogP contribution is -2.40. The van der Waals surface area contributed by atoms with Gasteiger partial charge in [0.15, 0.2) is 6.61 Å². The van der Waals surface area contributed by atoms with E-state index < -0.39 is 10.0 Å². The summed E-state index contributed by atoms with van der Waals surface area (Å²) in [5, 5.41) is 2.58. The second kappa shape index (κ2) is 9.70. The van der Waals surface area contributed by atoms with Crippen molar-refractivity contribution in [3.8, 4) is 5.75 Å². The molecular weight excluding hydrogens is 510 g/mol. The molecule has 9 nitrogen and oxygen atoms in total. The number of thioether (sulfide) groups is 1. The zero-order chi connectivity index (χ0) is 24.6. The van der Waals surface area contributed by atoms with Gasteiger partial charge >= 0.3 is 0 Å². The summed E-state index contributed by atoms with van der Waals surface area (Å²) >= 11 is 6.22. The SMILES string of the molecule is O=C1NC(=S)SC1=Cc1ccc2c(c1)N(Cc1ccc(S(=O)(=O)N3CCOCC3)cc1)C(=O)CO2. The quantitative estimate of drug-likeness (QED) is 0.462. The fraction of sp³-hybridized carbons (Fsp3) is 0.261. The molecule has 0 bridgehead atoms. The molecule has 0 aliphatic carbocycles. The Morgan fingerprint density at radius 2 is 1.83 bits per heavy atom. The standard InChI is InChI=1S/C23H21N3O6S3/c27-21-14-32-19-6-3-16(12-20-22(28)24-23(33)34-20)11-18(19)26(21)13-15-1-4-17(5-2-15)35(29,30)25-7-9-31-10-8-25/h1-6,11-12H,7-10,13-14H2,(H,24,28,33). The molecule has 0 radical (unpaired) electrons. The largest absolute Gasteiger partial charge is 0.482 e. The first-order valence-corrected chi connectivity index (χ1v) is 13.5. The van der Waals surface area contributed by atoms with Crippen molar-refractivity contribution in [2.24, 2.45) is 0 Å². The lowest BCUT2D eigenvalue weighted by atomic mass is 10.1. The molecule has 12 heteroatoms. The maximum atomic E-state index is 12.9. The molecule has 0 atom stereocenters. The highest BCUT2D eigenvalue weighted by molar-refractivity contribution is 8.26. The number of thiocarbonyl (C=S) groups is 1. The monoisotopic (exact) mass is 531 g/mol. The molecule has 3 aliphatic rings. The predicted octanol–water partition coefficient (Wildman–Crippen LogP) is 2.12. The predicted molar refractivity (Wildman–Crippen MR) is 135 cm³/mol. The fourth-order valence-corrected chi connectivity index (χ4v) is 6.39. The number of nitrogens with zero attached hydrogens (tertiary/aromatic N) is 2. The second-order valence-corrected chi connectivity index (χ2v) is 11.7. The van der Waals surface area contributed by atoms with Crippen LogP contribution in [0.5, 0.6) is 5.75 Å². The minimum Gasteiger partial charge on any atom is -0.482 e. The van der Waals surface area contributed by atoms with E-state index in [0.29, 0.717) is 47.0 Å². The number of sulfonamides is 1. The van der Waals surface area contributed by atoms with Crippen LogP contribution in [0.3, 0.4) is 0 Å². The van der Waals surface area contributed by atoms with Crippen molar-refractivity contribution in [3.05, 3.63) is 58.5 Å². The van der Waals surface area contributed by atoms with Crippen LogP contribution in [0.2, 0.25) is 0 Å².